The minimum Gasteiger partial charge on any atom is -0.494 e. The summed E-state index contributed by atoms with van der Waals surface area (Å²) in [5.41, 5.74) is -0.814. The van der Waals surface area contributed by atoms with Crippen molar-refractivity contribution in [3.63, 3.8) is 0 Å². The van der Waals surface area contributed by atoms with Crippen molar-refractivity contribution in [2.75, 3.05) is 20.2 Å². The number of benzene rings is 1. The van der Waals surface area contributed by atoms with Gasteiger partial charge in [-0.25, -0.2) is 0 Å². The van der Waals surface area contributed by atoms with E-state index in [0.29, 0.717) is 26.0 Å². The minimum atomic E-state index is -0.840. The van der Waals surface area contributed by atoms with Gasteiger partial charge in [-0.2, -0.15) is 0 Å². The molecule has 0 bridgehead atoms. The number of carbonyl (C=O) groups is 2. The first kappa shape index (κ1) is 16.3. The number of aliphatic carboxylic acids is 1. The van der Waals surface area contributed by atoms with Gasteiger partial charge < -0.3 is 14.7 Å². The number of carbonyl (C=O) groups excluding carboxylic acids is 1. The van der Waals surface area contributed by atoms with E-state index in [1.165, 1.54) is 0 Å². The zero-order chi connectivity index (χ0) is 16.0. The molecular weight excluding hydrogens is 282 g/mol. The molecule has 1 saturated carbocycles. The second kappa shape index (κ2) is 7.29. The van der Waals surface area contributed by atoms with Crippen molar-refractivity contribution in [1.82, 2.24) is 4.90 Å². The fourth-order valence-corrected chi connectivity index (χ4v) is 2.63. The lowest BCUT2D eigenvalue weighted by Gasteiger charge is -2.38. The summed E-state index contributed by atoms with van der Waals surface area (Å²) in [5.74, 6) is -0.120. The van der Waals surface area contributed by atoms with Gasteiger partial charge in [0, 0.05) is 20.0 Å². The van der Waals surface area contributed by atoms with Crippen molar-refractivity contribution in [2.45, 2.75) is 32.1 Å². The molecule has 0 heterocycles. The molecule has 5 heteroatoms. The van der Waals surface area contributed by atoms with E-state index < -0.39 is 11.4 Å². The zero-order valence-corrected chi connectivity index (χ0v) is 13.0. The molecule has 0 radical (unpaired) electrons. The Morgan fingerprint density at radius 2 is 1.95 bits per heavy atom. The van der Waals surface area contributed by atoms with Crippen molar-refractivity contribution < 1.29 is 19.4 Å². The van der Waals surface area contributed by atoms with Crippen molar-refractivity contribution in [1.29, 1.82) is 0 Å². The summed E-state index contributed by atoms with van der Waals surface area (Å²) in [6.07, 6.45) is 2.95. The van der Waals surface area contributed by atoms with E-state index in [0.717, 1.165) is 18.6 Å². The molecule has 1 fully saturated rings. The highest BCUT2D eigenvalue weighted by molar-refractivity contribution is 5.85. The fourth-order valence-electron chi connectivity index (χ4n) is 2.63. The Labute approximate surface area is 130 Å². The summed E-state index contributed by atoms with van der Waals surface area (Å²) in [4.78, 5) is 25.0. The molecule has 1 amide bonds. The summed E-state index contributed by atoms with van der Waals surface area (Å²) in [6.45, 7) is 1.10. The van der Waals surface area contributed by atoms with E-state index >= 15 is 0 Å². The lowest BCUT2D eigenvalue weighted by atomic mass is 9.66. The summed E-state index contributed by atoms with van der Waals surface area (Å²) >= 11 is 0. The number of rotatable bonds is 8. The second-order valence-corrected chi connectivity index (χ2v) is 5.95. The van der Waals surface area contributed by atoms with Gasteiger partial charge in [-0.3, -0.25) is 9.59 Å². The minimum absolute atomic E-state index is 0.0955. The fraction of sp³-hybridized carbons (Fsp3) is 0.529. The Balaban J connectivity index is 1.69. The van der Waals surface area contributed by atoms with Gasteiger partial charge >= 0.3 is 5.97 Å². The number of hydrogen-bond acceptors (Lipinski definition) is 3. The number of carboxylic acid groups (broad SMARTS) is 1. The van der Waals surface area contributed by atoms with E-state index in [1.807, 2.05) is 30.3 Å². The lowest BCUT2D eigenvalue weighted by Crippen LogP contribution is -2.43. The predicted molar refractivity (Wildman–Crippen MR) is 82.7 cm³/mol. The normalized spacial score (nSPS) is 15.7. The molecule has 120 valence electrons. The highest BCUT2D eigenvalue weighted by atomic mass is 16.5. The number of amides is 1. The van der Waals surface area contributed by atoms with Gasteiger partial charge in [0.2, 0.25) is 5.91 Å². The highest BCUT2D eigenvalue weighted by Crippen LogP contribution is 2.44. The summed E-state index contributed by atoms with van der Waals surface area (Å²) in [5, 5.41) is 9.26. The van der Waals surface area contributed by atoms with Crippen molar-refractivity contribution in [3.05, 3.63) is 30.3 Å². The van der Waals surface area contributed by atoms with Gasteiger partial charge in [0.25, 0.3) is 0 Å². The number of para-hydroxylation sites is 1. The van der Waals surface area contributed by atoms with Crippen LogP contribution in [0.3, 0.4) is 0 Å². The van der Waals surface area contributed by atoms with E-state index in [9.17, 15) is 14.7 Å². The van der Waals surface area contributed by atoms with Crippen LogP contribution in [0.25, 0.3) is 0 Å². The van der Waals surface area contributed by atoms with Gasteiger partial charge in [-0.15, -0.1) is 0 Å². The van der Waals surface area contributed by atoms with Gasteiger partial charge in [0.05, 0.1) is 12.0 Å². The van der Waals surface area contributed by atoms with E-state index in [4.69, 9.17) is 4.74 Å². The third-order valence-corrected chi connectivity index (χ3v) is 4.33. The standard InChI is InChI=1S/C17H23NO4/c1-18(11-6-12-22-14-7-3-2-4-8-14)15(19)13-17(16(20)21)9-5-10-17/h2-4,7-8H,5-6,9-13H2,1H3,(H,20,21). The molecule has 1 aromatic carbocycles. The van der Waals surface area contributed by atoms with Crippen LogP contribution in [0.15, 0.2) is 30.3 Å². The topological polar surface area (TPSA) is 66.8 Å². The number of hydrogen-bond donors (Lipinski definition) is 1. The molecule has 5 nitrogen and oxygen atoms in total. The van der Waals surface area contributed by atoms with Crippen LogP contribution in [-0.2, 0) is 9.59 Å². The Bertz CT molecular complexity index is 511. The third-order valence-electron chi connectivity index (χ3n) is 4.33. The number of nitrogens with zero attached hydrogens (tertiary/aromatic N) is 1. The van der Waals surface area contributed by atoms with E-state index in [2.05, 4.69) is 0 Å². The molecule has 0 unspecified atom stereocenters. The molecular formula is C17H23NO4. The van der Waals surface area contributed by atoms with Gasteiger partial charge in [0.1, 0.15) is 5.75 Å². The zero-order valence-electron chi connectivity index (χ0n) is 13.0. The summed E-state index contributed by atoms with van der Waals surface area (Å²) in [6, 6.07) is 9.53. The van der Waals surface area contributed by atoms with Crippen LogP contribution in [0.5, 0.6) is 5.75 Å². The second-order valence-electron chi connectivity index (χ2n) is 5.95. The van der Waals surface area contributed by atoms with Gasteiger partial charge in [-0.1, -0.05) is 24.6 Å². The van der Waals surface area contributed by atoms with Crippen molar-refractivity contribution >= 4 is 11.9 Å². The quantitative estimate of drug-likeness (QED) is 0.750. The monoisotopic (exact) mass is 305 g/mol. The lowest BCUT2D eigenvalue weighted by molar-refractivity contribution is -0.159. The predicted octanol–water partition coefficient (Wildman–Crippen LogP) is 2.56. The van der Waals surface area contributed by atoms with Crippen LogP contribution in [0.2, 0.25) is 0 Å². The molecule has 1 aliphatic carbocycles. The van der Waals surface area contributed by atoms with Crippen molar-refractivity contribution in [2.24, 2.45) is 5.41 Å². The molecule has 0 saturated heterocycles. The molecule has 1 aliphatic rings. The van der Waals surface area contributed by atoms with Crippen LogP contribution in [0, 0.1) is 5.41 Å². The highest BCUT2D eigenvalue weighted by Gasteiger charge is 2.46. The first-order chi connectivity index (χ1) is 10.5. The molecule has 22 heavy (non-hydrogen) atoms. The van der Waals surface area contributed by atoms with Crippen LogP contribution in [0.4, 0.5) is 0 Å². The summed E-state index contributed by atoms with van der Waals surface area (Å²) < 4.78 is 5.58. The maximum atomic E-state index is 12.1. The van der Waals surface area contributed by atoms with Crippen LogP contribution in [0.1, 0.15) is 32.1 Å². The van der Waals surface area contributed by atoms with Crippen LogP contribution >= 0.6 is 0 Å². The molecule has 1 N–H and O–H groups in total. The van der Waals surface area contributed by atoms with Crippen molar-refractivity contribution in [3.8, 4) is 5.75 Å². The molecule has 1 aromatic rings. The van der Waals surface area contributed by atoms with Crippen LogP contribution < -0.4 is 4.74 Å². The number of carboxylic acids is 1. The average molecular weight is 305 g/mol. The molecule has 0 spiro atoms. The smallest absolute Gasteiger partial charge is 0.310 e. The van der Waals surface area contributed by atoms with E-state index in [-0.39, 0.29) is 12.3 Å². The first-order valence-electron chi connectivity index (χ1n) is 7.69. The third kappa shape index (κ3) is 4.00. The maximum absolute atomic E-state index is 12.1. The first-order valence-corrected chi connectivity index (χ1v) is 7.69. The summed E-state index contributed by atoms with van der Waals surface area (Å²) in [7, 11) is 1.72. The van der Waals surface area contributed by atoms with Gasteiger partial charge in [-0.05, 0) is 31.4 Å². The molecule has 0 aliphatic heterocycles. The molecule has 0 atom stereocenters. The maximum Gasteiger partial charge on any atom is 0.310 e. The SMILES string of the molecule is CN(CCCOc1ccccc1)C(=O)CC1(C(=O)O)CCC1. The average Bonchev–Trinajstić information content (AvgIpc) is 2.47. The number of ether oxygens (including phenoxy) is 1. The Morgan fingerprint density at radius 3 is 2.50 bits per heavy atom. The van der Waals surface area contributed by atoms with Crippen LogP contribution in [-0.4, -0.2) is 42.1 Å². The van der Waals surface area contributed by atoms with Gasteiger partial charge in [0.15, 0.2) is 0 Å². The Morgan fingerprint density at radius 1 is 1.27 bits per heavy atom. The van der Waals surface area contributed by atoms with E-state index in [1.54, 1.807) is 11.9 Å². The largest absolute Gasteiger partial charge is 0.494 e. The Hall–Kier alpha value is -2.04. The molecule has 2 rings (SSSR count). The molecule has 0 aromatic heterocycles. The Kier molecular flexibility index (Phi) is 5.41.